The summed E-state index contributed by atoms with van der Waals surface area (Å²) in [6.07, 6.45) is 1.90. The van der Waals surface area contributed by atoms with Crippen LogP contribution in [0.5, 0.6) is 0 Å². The number of aryl methyl sites for hydroxylation is 1. The van der Waals surface area contributed by atoms with Crippen LogP contribution in [0, 0.1) is 6.92 Å². The minimum absolute atomic E-state index is 1.09. The number of halogens is 1. The van der Waals surface area contributed by atoms with Gasteiger partial charge in [0.15, 0.2) is 0 Å². The molecule has 2 rings (SSSR count). The van der Waals surface area contributed by atoms with Gasteiger partial charge in [-0.25, -0.2) is 4.98 Å². The van der Waals surface area contributed by atoms with Crippen molar-refractivity contribution < 1.29 is 0 Å². The van der Waals surface area contributed by atoms with Gasteiger partial charge in [-0.15, -0.1) is 0 Å². The first-order valence-corrected chi connectivity index (χ1v) is 6.59. The van der Waals surface area contributed by atoms with Crippen LogP contribution in [0.15, 0.2) is 16.7 Å². The molecule has 3 nitrogen and oxygen atoms in total. The lowest BCUT2D eigenvalue weighted by Crippen LogP contribution is -2.46. The molecule has 0 atom stereocenters. The monoisotopic (exact) mass is 283 g/mol. The van der Waals surface area contributed by atoms with Crippen LogP contribution in [0.2, 0.25) is 0 Å². The summed E-state index contributed by atoms with van der Waals surface area (Å²) in [5.74, 6) is 1.11. The van der Waals surface area contributed by atoms with Gasteiger partial charge >= 0.3 is 0 Å². The second-order valence-corrected chi connectivity index (χ2v) is 5.07. The molecule has 0 aromatic carbocycles. The van der Waals surface area contributed by atoms with E-state index >= 15 is 0 Å². The van der Waals surface area contributed by atoms with E-state index in [2.05, 4.69) is 50.6 Å². The van der Waals surface area contributed by atoms with Gasteiger partial charge in [-0.2, -0.15) is 0 Å². The summed E-state index contributed by atoms with van der Waals surface area (Å²) in [6, 6.07) is 2.16. The number of hydrogen-bond acceptors (Lipinski definition) is 3. The van der Waals surface area contributed by atoms with Gasteiger partial charge in [0, 0.05) is 36.8 Å². The van der Waals surface area contributed by atoms with E-state index in [1.807, 2.05) is 6.20 Å². The van der Waals surface area contributed by atoms with Crippen molar-refractivity contribution in [3.05, 3.63) is 22.3 Å². The molecule has 4 heteroatoms. The van der Waals surface area contributed by atoms with Crippen LogP contribution in [0.4, 0.5) is 5.82 Å². The molecule has 1 aliphatic heterocycles. The maximum Gasteiger partial charge on any atom is 0.128 e. The summed E-state index contributed by atoms with van der Waals surface area (Å²) in [5.41, 5.74) is 1.25. The summed E-state index contributed by atoms with van der Waals surface area (Å²) in [7, 11) is 0. The van der Waals surface area contributed by atoms with Gasteiger partial charge in [0.2, 0.25) is 0 Å². The van der Waals surface area contributed by atoms with Gasteiger partial charge in [0.1, 0.15) is 5.82 Å². The quantitative estimate of drug-likeness (QED) is 0.830. The highest BCUT2D eigenvalue weighted by atomic mass is 79.9. The lowest BCUT2D eigenvalue weighted by molar-refractivity contribution is 0.270. The zero-order chi connectivity index (χ0) is 11.5. The Kier molecular flexibility index (Phi) is 3.82. The molecular weight excluding hydrogens is 266 g/mol. The Labute approximate surface area is 106 Å². The zero-order valence-corrected chi connectivity index (χ0v) is 11.5. The summed E-state index contributed by atoms with van der Waals surface area (Å²) < 4.78 is 1.09. The van der Waals surface area contributed by atoms with Crippen molar-refractivity contribution in [1.82, 2.24) is 9.88 Å². The topological polar surface area (TPSA) is 19.4 Å². The van der Waals surface area contributed by atoms with Crippen LogP contribution in [0.25, 0.3) is 0 Å². The van der Waals surface area contributed by atoms with E-state index in [9.17, 15) is 0 Å². The van der Waals surface area contributed by atoms with Crippen molar-refractivity contribution in [2.75, 3.05) is 37.6 Å². The molecule has 0 bridgehead atoms. The summed E-state index contributed by atoms with van der Waals surface area (Å²) in [6.45, 7) is 9.94. The molecule has 1 aromatic heterocycles. The normalized spacial score (nSPS) is 17.8. The molecular formula is C12H18BrN3. The third kappa shape index (κ3) is 2.55. The van der Waals surface area contributed by atoms with E-state index in [1.54, 1.807) is 0 Å². The number of nitrogens with zero attached hydrogens (tertiary/aromatic N) is 3. The second-order valence-electron chi connectivity index (χ2n) is 4.21. The molecule has 16 heavy (non-hydrogen) atoms. The average Bonchev–Trinajstić information content (AvgIpc) is 2.33. The summed E-state index contributed by atoms with van der Waals surface area (Å²) in [4.78, 5) is 9.32. The number of piperazine rings is 1. The van der Waals surface area contributed by atoms with E-state index in [1.165, 1.54) is 5.56 Å². The average molecular weight is 284 g/mol. The van der Waals surface area contributed by atoms with Crippen molar-refractivity contribution in [1.29, 1.82) is 0 Å². The van der Waals surface area contributed by atoms with Crippen LogP contribution in [-0.2, 0) is 0 Å². The van der Waals surface area contributed by atoms with Crippen molar-refractivity contribution >= 4 is 21.7 Å². The molecule has 0 unspecified atom stereocenters. The maximum atomic E-state index is 4.47. The van der Waals surface area contributed by atoms with Crippen LogP contribution in [-0.4, -0.2) is 42.6 Å². The Hall–Kier alpha value is -0.610. The van der Waals surface area contributed by atoms with Gasteiger partial charge in [0.05, 0.1) is 0 Å². The van der Waals surface area contributed by atoms with E-state index < -0.39 is 0 Å². The number of aromatic nitrogens is 1. The highest BCUT2D eigenvalue weighted by Gasteiger charge is 2.16. The number of anilines is 1. The molecule has 1 aliphatic rings. The third-order valence-corrected chi connectivity index (χ3v) is 4.01. The van der Waals surface area contributed by atoms with E-state index in [-0.39, 0.29) is 0 Å². The van der Waals surface area contributed by atoms with E-state index in [4.69, 9.17) is 0 Å². The Balaban J connectivity index is 2.05. The predicted octanol–water partition coefficient (Wildman–Crippen LogP) is 2.29. The van der Waals surface area contributed by atoms with Crippen LogP contribution < -0.4 is 4.90 Å². The molecule has 0 aliphatic carbocycles. The number of likely N-dealkylation sites (N-methyl/N-ethyl adjacent to an activating group) is 1. The van der Waals surface area contributed by atoms with Crippen molar-refractivity contribution in [3.8, 4) is 0 Å². The van der Waals surface area contributed by atoms with Crippen molar-refractivity contribution in [3.63, 3.8) is 0 Å². The molecule has 0 spiro atoms. The summed E-state index contributed by atoms with van der Waals surface area (Å²) >= 11 is 3.48. The lowest BCUT2D eigenvalue weighted by Gasteiger charge is -2.34. The third-order valence-electron chi connectivity index (χ3n) is 3.18. The standard InChI is InChI=1S/C12H18BrN3/c1-3-15-4-6-16(7-5-15)12-8-10(2)11(13)9-14-12/h8-9H,3-7H2,1-2H3. The van der Waals surface area contributed by atoms with E-state index in [0.717, 1.165) is 43.0 Å². The number of hydrogen-bond donors (Lipinski definition) is 0. The van der Waals surface area contributed by atoms with Gasteiger partial charge < -0.3 is 9.80 Å². The largest absolute Gasteiger partial charge is 0.354 e. The first-order valence-electron chi connectivity index (χ1n) is 5.80. The molecule has 1 fully saturated rings. The molecule has 0 saturated carbocycles. The maximum absolute atomic E-state index is 4.47. The van der Waals surface area contributed by atoms with Gasteiger partial charge in [-0.05, 0) is 41.0 Å². The van der Waals surface area contributed by atoms with Gasteiger partial charge in [0.25, 0.3) is 0 Å². The molecule has 2 heterocycles. The molecule has 1 saturated heterocycles. The first-order chi connectivity index (χ1) is 7.70. The van der Waals surface area contributed by atoms with Gasteiger partial charge in [-0.3, -0.25) is 0 Å². The molecule has 0 amide bonds. The number of pyridine rings is 1. The van der Waals surface area contributed by atoms with Crippen LogP contribution in [0.3, 0.4) is 0 Å². The fraction of sp³-hybridized carbons (Fsp3) is 0.583. The van der Waals surface area contributed by atoms with Crippen LogP contribution >= 0.6 is 15.9 Å². The van der Waals surface area contributed by atoms with Crippen molar-refractivity contribution in [2.24, 2.45) is 0 Å². The zero-order valence-electron chi connectivity index (χ0n) is 9.91. The molecule has 88 valence electrons. The SMILES string of the molecule is CCN1CCN(c2cc(C)c(Br)cn2)CC1. The van der Waals surface area contributed by atoms with E-state index in [0.29, 0.717) is 0 Å². The lowest BCUT2D eigenvalue weighted by atomic mass is 10.2. The summed E-state index contributed by atoms with van der Waals surface area (Å²) in [5, 5.41) is 0. The molecule has 0 N–H and O–H groups in total. The number of rotatable bonds is 2. The minimum Gasteiger partial charge on any atom is -0.354 e. The minimum atomic E-state index is 1.09. The van der Waals surface area contributed by atoms with Crippen molar-refractivity contribution in [2.45, 2.75) is 13.8 Å². The Morgan fingerprint density at radius 3 is 2.56 bits per heavy atom. The second kappa shape index (κ2) is 5.15. The van der Waals surface area contributed by atoms with Gasteiger partial charge in [-0.1, -0.05) is 6.92 Å². The fourth-order valence-corrected chi connectivity index (χ4v) is 2.21. The molecule has 1 aromatic rings. The highest BCUT2D eigenvalue weighted by Crippen LogP contribution is 2.20. The smallest absolute Gasteiger partial charge is 0.128 e. The first kappa shape index (κ1) is 11.9. The Bertz CT molecular complexity index is 359. The predicted molar refractivity (Wildman–Crippen MR) is 71.0 cm³/mol. The fourth-order valence-electron chi connectivity index (χ4n) is 1.99. The molecule has 0 radical (unpaired) electrons. The van der Waals surface area contributed by atoms with Crippen LogP contribution in [0.1, 0.15) is 12.5 Å². The Morgan fingerprint density at radius 1 is 1.31 bits per heavy atom. The highest BCUT2D eigenvalue weighted by molar-refractivity contribution is 9.10. The Morgan fingerprint density at radius 2 is 2.00 bits per heavy atom.